The Hall–Kier alpha value is -5.22. The fourth-order valence-electron chi connectivity index (χ4n) is 9.62. The van der Waals surface area contributed by atoms with Crippen molar-refractivity contribution in [2.45, 2.75) is 110 Å². The third kappa shape index (κ3) is 7.71. The van der Waals surface area contributed by atoms with Crippen molar-refractivity contribution in [2.75, 3.05) is 18.0 Å². The van der Waals surface area contributed by atoms with Gasteiger partial charge in [-0.3, -0.25) is 20.2 Å². The van der Waals surface area contributed by atoms with E-state index in [0.29, 0.717) is 13.1 Å². The quantitative estimate of drug-likeness (QED) is 0.0708. The number of nitro benzene ring substituents is 2. The number of allylic oxidation sites excluding steroid dienone is 1. The first-order valence-electron chi connectivity index (χ1n) is 20.4. The second-order valence-corrected chi connectivity index (χ2v) is 17.9. The van der Waals surface area contributed by atoms with Crippen molar-refractivity contribution in [3.05, 3.63) is 138 Å². The van der Waals surface area contributed by atoms with Gasteiger partial charge in [0.25, 0.3) is 11.4 Å². The van der Waals surface area contributed by atoms with Crippen LogP contribution in [0.3, 0.4) is 0 Å². The molecule has 0 spiro atoms. The number of nitro groups is 2. The second-order valence-electron chi connectivity index (χ2n) is 17.5. The lowest BCUT2D eigenvalue weighted by atomic mass is 9.74. The number of nitrogens with zero attached hydrogens (tertiary/aromatic N) is 4. The summed E-state index contributed by atoms with van der Waals surface area (Å²) in [7, 11) is 0. The number of anilines is 1. The van der Waals surface area contributed by atoms with Gasteiger partial charge in [0.2, 0.25) is 5.69 Å². The summed E-state index contributed by atoms with van der Waals surface area (Å²) in [6.45, 7) is 18.1. The number of hydrogen-bond donors (Lipinski definition) is 0. The molecule has 58 heavy (non-hydrogen) atoms. The van der Waals surface area contributed by atoms with Gasteiger partial charge in [0.05, 0.1) is 27.5 Å². The minimum absolute atomic E-state index is 0.0587. The largest absolute Gasteiger partial charge is 0.491 e. The molecule has 0 N–H and O–H groups in total. The first-order chi connectivity index (χ1) is 27.5. The number of fused-ring (bicyclic) bond motifs is 2. The highest BCUT2D eigenvalue weighted by molar-refractivity contribution is 6.33. The lowest BCUT2D eigenvalue weighted by Gasteiger charge is -2.39. The van der Waals surface area contributed by atoms with E-state index in [9.17, 15) is 20.2 Å². The third-order valence-electron chi connectivity index (χ3n) is 12.1. The molecule has 0 saturated heterocycles. The summed E-state index contributed by atoms with van der Waals surface area (Å²) in [4.78, 5) is 25.8. The van der Waals surface area contributed by atoms with Crippen LogP contribution in [0, 0.1) is 26.1 Å². The van der Waals surface area contributed by atoms with E-state index in [4.69, 9.17) is 21.1 Å². The highest BCUT2D eigenvalue weighted by atomic mass is 35.5. The van der Waals surface area contributed by atoms with Crippen LogP contribution >= 0.6 is 11.6 Å². The third-order valence-corrected chi connectivity index (χ3v) is 12.6. The number of benzene rings is 4. The molecule has 11 heteroatoms. The lowest BCUT2D eigenvalue weighted by Crippen LogP contribution is -2.47. The molecule has 4 aromatic carbocycles. The molecule has 1 aliphatic carbocycles. The maximum Gasteiger partial charge on any atom is 0.270 e. The highest BCUT2D eigenvalue weighted by Crippen LogP contribution is 2.55. The SMILES string of the molecule is CC(C)Oc1ccc(CCN2c3ccc([N+](=O)[O-])cc3C(C)(C)C2C2CCC(C3=[N+](CCc4ccc(OC(C)C)cc4)c4ccc([N+](=O)[O-])cc4C3(C)C)=C2Cl)cc1. The van der Waals surface area contributed by atoms with Crippen LogP contribution in [0.25, 0.3) is 0 Å². The maximum atomic E-state index is 12.0. The molecule has 2 atom stereocenters. The molecule has 0 amide bonds. The maximum absolute atomic E-state index is 12.0. The van der Waals surface area contributed by atoms with Crippen LogP contribution in [0.4, 0.5) is 22.7 Å². The van der Waals surface area contributed by atoms with Crippen molar-refractivity contribution >= 4 is 40.1 Å². The zero-order chi connectivity index (χ0) is 41.7. The van der Waals surface area contributed by atoms with Crippen molar-refractivity contribution in [3.8, 4) is 11.5 Å². The normalized spacial score (nSPS) is 19.3. The monoisotopic (exact) mass is 805 g/mol. The summed E-state index contributed by atoms with van der Waals surface area (Å²) < 4.78 is 14.1. The predicted molar refractivity (Wildman–Crippen MR) is 231 cm³/mol. The molecule has 2 unspecified atom stereocenters. The van der Waals surface area contributed by atoms with Crippen LogP contribution in [-0.4, -0.2) is 51.5 Å². The molecule has 0 fully saturated rings. The average molecular weight is 806 g/mol. The summed E-state index contributed by atoms with van der Waals surface area (Å²) in [6, 6.07) is 26.8. The Morgan fingerprint density at radius 1 is 0.776 bits per heavy atom. The topological polar surface area (TPSA) is 111 Å². The van der Waals surface area contributed by atoms with Crippen LogP contribution in [0.2, 0.25) is 0 Å². The van der Waals surface area contributed by atoms with Crippen molar-refractivity contribution in [1.29, 1.82) is 0 Å². The van der Waals surface area contributed by atoms with Gasteiger partial charge in [-0.2, -0.15) is 4.58 Å². The van der Waals surface area contributed by atoms with E-state index in [1.807, 2.05) is 64.1 Å². The molecule has 0 bridgehead atoms. The van der Waals surface area contributed by atoms with E-state index in [-0.39, 0.29) is 45.4 Å². The number of non-ortho nitro benzene ring substituents is 2. The van der Waals surface area contributed by atoms with Crippen molar-refractivity contribution in [1.82, 2.24) is 0 Å². The van der Waals surface area contributed by atoms with Crippen LogP contribution in [0.1, 0.15) is 90.5 Å². The molecule has 2 heterocycles. The molecule has 2 aliphatic heterocycles. The molecule has 4 aromatic rings. The van der Waals surface area contributed by atoms with Gasteiger partial charge in [0.15, 0.2) is 12.3 Å². The fourth-order valence-corrected chi connectivity index (χ4v) is 10.0. The second kappa shape index (κ2) is 15.9. The van der Waals surface area contributed by atoms with Crippen LogP contribution in [0.5, 0.6) is 11.5 Å². The van der Waals surface area contributed by atoms with Crippen molar-refractivity contribution in [3.63, 3.8) is 0 Å². The standard InChI is InChI=1S/C47H54ClN4O6/c1-29(2)57-35-15-9-31(10-16-35)23-25-49-41-21-13-33(51(53)54)27-39(41)46(5,6)44(49)37-19-20-38(43(37)48)45-47(7,8)40-28-34(52(55)56)14-22-42(40)50(45)26-24-32-11-17-36(18-12-32)58-30(3)4/h9-18,21-22,27-30,37,44H,19-20,23-26H2,1-8H3/q+1. The van der Waals surface area contributed by atoms with Crippen LogP contribution in [0.15, 0.2) is 95.5 Å². The fraction of sp³-hybridized carbons (Fsp3) is 0.426. The number of halogens is 1. The molecule has 10 nitrogen and oxygen atoms in total. The summed E-state index contributed by atoms with van der Waals surface area (Å²) in [5.74, 6) is 1.60. The minimum Gasteiger partial charge on any atom is -0.491 e. The Morgan fingerprint density at radius 3 is 1.86 bits per heavy atom. The number of hydrogen-bond acceptors (Lipinski definition) is 7. The minimum atomic E-state index is -0.569. The Labute approximate surface area is 346 Å². The molecular weight excluding hydrogens is 752 g/mol. The summed E-state index contributed by atoms with van der Waals surface area (Å²) in [6.07, 6.45) is 3.22. The van der Waals surface area contributed by atoms with Gasteiger partial charge in [-0.15, -0.1) is 0 Å². The van der Waals surface area contributed by atoms with E-state index in [1.165, 1.54) is 5.56 Å². The smallest absolute Gasteiger partial charge is 0.270 e. The number of rotatable bonds is 14. The predicted octanol–water partition coefficient (Wildman–Crippen LogP) is 11.0. The lowest BCUT2D eigenvalue weighted by molar-refractivity contribution is -0.437. The summed E-state index contributed by atoms with van der Waals surface area (Å²) in [5, 5.41) is 24.8. The summed E-state index contributed by atoms with van der Waals surface area (Å²) in [5.41, 5.74) is 7.40. The van der Waals surface area contributed by atoms with Gasteiger partial charge >= 0.3 is 0 Å². The molecule has 3 aliphatic rings. The summed E-state index contributed by atoms with van der Waals surface area (Å²) >= 11 is 7.75. The van der Waals surface area contributed by atoms with Crippen molar-refractivity contribution in [2.24, 2.45) is 5.92 Å². The first kappa shape index (κ1) is 41.0. The van der Waals surface area contributed by atoms with E-state index in [1.54, 1.807) is 24.3 Å². The van der Waals surface area contributed by atoms with E-state index >= 15 is 0 Å². The first-order valence-corrected chi connectivity index (χ1v) is 20.7. The van der Waals surface area contributed by atoms with Gasteiger partial charge in [-0.1, -0.05) is 49.7 Å². The van der Waals surface area contributed by atoms with Crippen LogP contribution < -0.4 is 14.4 Å². The molecule has 304 valence electrons. The van der Waals surface area contributed by atoms with Gasteiger partial charge in [0, 0.05) is 82.5 Å². The molecular formula is C47H54ClN4O6+. The van der Waals surface area contributed by atoms with Crippen molar-refractivity contribution < 1.29 is 23.9 Å². The van der Waals surface area contributed by atoms with E-state index in [0.717, 1.165) is 81.6 Å². The van der Waals surface area contributed by atoms with E-state index in [2.05, 4.69) is 61.4 Å². The Balaban J connectivity index is 1.27. The highest BCUT2D eigenvalue weighted by Gasteiger charge is 2.54. The van der Waals surface area contributed by atoms with Gasteiger partial charge < -0.3 is 14.4 Å². The Kier molecular flexibility index (Phi) is 11.2. The van der Waals surface area contributed by atoms with Gasteiger partial charge in [-0.05, 0) is 108 Å². The Morgan fingerprint density at radius 2 is 1.31 bits per heavy atom. The van der Waals surface area contributed by atoms with Crippen LogP contribution in [-0.2, 0) is 23.7 Å². The molecule has 0 radical (unpaired) electrons. The van der Waals surface area contributed by atoms with Gasteiger partial charge in [0.1, 0.15) is 11.5 Å². The average Bonchev–Trinajstić information content (AvgIpc) is 3.72. The molecule has 0 saturated carbocycles. The molecule has 0 aromatic heterocycles. The van der Waals surface area contributed by atoms with Gasteiger partial charge in [-0.25, -0.2) is 0 Å². The zero-order valence-corrected chi connectivity index (χ0v) is 35.5. The Bertz CT molecular complexity index is 2290. The zero-order valence-electron chi connectivity index (χ0n) is 34.8. The van der Waals surface area contributed by atoms with E-state index < -0.39 is 10.8 Å². The molecule has 7 rings (SSSR count). The number of ether oxygens (including phenoxy) is 2.